The van der Waals surface area contributed by atoms with Crippen molar-refractivity contribution in [3.05, 3.63) is 77.7 Å². The number of nitrogens with one attached hydrogen (secondary N) is 1. The van der Waals surface area contributed by atoms with Crippen LogP contribution in [0.3, 0.4) is 0 Å². The van der Waals surface area contributed by atoms with Crippen molar-refractivity contribution >= 4 is 11.6 Å². The van der Waals surface area contributed by atoms with Crippen molar-refractivity contribution in [2.24, 2.45) is 0 Å². The van der Waals surface area contributed by atoms with Gasteiger partial charge in [-0.15, -0.1) is 0 Å². The number of amides is 1. The van der Waals surface area contributed by atoms with Crippen LogP contribution in [0.4, 0.5) is 5.69 Å². The first-order valence-corrected chi connectivity index (χ1v) is 12.2. The van der Waals surface area contributed by atoms with Gasteiger partial charge >= 0.3 is 0 Å². The molecule has 0 aliphatic carbocycles. The molecule has 1 amide bonds. The molecule has 0 saturated carbocycles. The summed E-state index contributed by atoms with van der Waals surface area (Å²) in [7, 11) is 5.57. The molecule has 1 N–H and O–H groups in total. The number of ether oxygens (including phenoxy) is 2. The molecule has 0 saturated heterocycles. The summed E-state index contributed by atoms with van der Waals surface area (Å²) in [6.45, 7) is 5.06. The summed E-state index contributed by atoms with van der Waals surface area (Å²) in [5.74, 6) is 2.11. The van der Waals surface area contributed by atoms with E-state index in [2.05, 4.69) is 34.5 Å². The Bertz CT molecular complexity index is 1360. The Balaban J connectivity index is 1.65. The zero-order valence-electron chi connectivity index (χ0n) is 21.9. The molecule has 37 heavy (non-hydrogen) atoms. The maximum atomic E-state index is 13.2. The minimum absolute atomic E-state index is 0.241. The number of hydrogen-bond acceptors (Lipinski definition) is 7. The fourth-order valence-corrected chi connectivity index (χ4v) is 3.93. The number of carbonyl (C=O) groups is 1. The van der Waals surface area contributed by atoms with Gasteiger partial charge in [-0.05, 0) is 79.7 Å². The Morgan fingerprint density at radius 3 is 2.43 bits per heavy atom. The van der Waals surface area contributed by atoms with Crippen molar-refractivity contribution in [3.8, 4) is 34.0 Å². The van der Waals surface area contributed by atoms with Gasteiger partial charge in [0.2, 0.25) is 11.7 Å². The Labute approximate surface area is 217 Å². The standard InChI is InChI=1S/C29H32N4O4/c1-6-20-17-22(28-30-19(2)37-32-28)8-13-25(20)21-7-14-26(27(18-21)36-16-15-33(3)4)29(34)31-23-9-11-24(35-5)12-10-23/h7-14,17-18H,6,15-16H2,1-5H3,(H,31,34). The molecule has 0 spiro atoms. The highest BCUT2D eigenvalue weighted by Crippen LogP contribution is 2.33. The SMILES string of the molecule is CCc1cc(-c2noc(C)n2)ccc1-c1ccc(C(=O)Nc2ccc(OC)cc2)c(OCCN(C)C)c1. The number of nitrogens with zero attached hydrogens (tertiary/aromatic N) is 3. The minimum atomic E-state index is -0.241. The summed E-state index contributed by atoms with van der Waals surface area (Å²) in [4.78, 5) is 19.6. The van der Waals surface area contributed by atoms with E-state index in [0.29, 0.717) is 35.3 Å². The van der Waals surface area contributed by atoms with Crippen molar-refractivity contribution in [2.75, 3.05) is 39.7 Å². The van der Waals surface area contributed by atoms with Gasteiger partial charge in [0, 0.05) is 24.7 Å². The van der Waals surface area contributed by atoms with Gasteiger partial charge in [0.25, 0.3) is 5.91 Å². The van der Waals surface area contributed by atoms with Gasteiger partial charge in [-0.25, -0.2) is 0 Å². The minimum Gasteiger partial charge on any atom is -0.497 e. The molecule has 0 bridgehead atoms. The molecule has 0 radical (unpaired) electrons. The van der Waals surface area contributed by atoms with Crippen LogP contribution in [-0.2, 0) is 6.42 Å². The van der Waals surface area contributed by atoms with Crippen LogP contribution < -0.4 is 14.8 Å². The quantitative estimate of drug-likeness (QED) is 0.309. The number of benzene rings is 3. The fourth-order valence-electron chi connectivity index (χ4n) is 3.93. The number of aromatic nitrogens is 2. The summed E-state index contributed by atoms with van der Waals surface area (Å²) in [6, 6.07) is 19.0. The van der Waals surface area contributed by atoms with E-state index < -0.39 is 0 Å². The van der Waals surface area contributed by atoms with E-state index in [1.54, 1.807) is 38.3 Å². The third-order valence-electron chi connectivity index (χ3n) is 5.95. The van der Waals surface area contributed by atoms with Gasteiger partial charge in [-0.1, -0.05) is 30.3 Å². The first-order chi connectivity index (χ1) is 17.9. The second-order valence-electron chi connectivity index (χ2n) is 8.91. The molecule has 3 aromatic carbocycles. The second-order valence-corrected chi connectivity index (χ2v) is 8.91. The van der Waals surface area contributed by atoms with Crippen LogP contribution in [0.5, 0.6) is 11.5 Å². The highest BCUT2D eigenvalue weighted by Gasteiger charge is 2.17. The molecule has 8 heteroatoms. The maximum Gasteiger partial charge on any atom is 0.259 e. The summed E-state index contributed by atoms with van der Waals surface area (Å²) in [5, 5.41) is 6.99. The van der Waals surface area contributed by atoms with Gasteiger partial charge in [0.1, 0.15) is 18.1 Å². The van der Waals surface area contributed by atoms with E-state index in [0.717, 1.165) is 41.0 Å². The van der Waals surface area contributed by atoms with Crippen LogP contribution in [0.2, 0.25) is 0 Å². The monoisotopic (exact) mass is 500 g/mol. The zero-order valence-corrected chi connectivity index (χ0v) is 21.9. The highest BCUT2D eigenvalue weighted by atomic mass is 16.5. The lowest BCUT2D eigenvalue weighted by Crippen LogP contribution is -2.21. The first-order valence-electron chi connectivity index (χ1n) is 12.2. The molecule has 8 nitrogen and oxygen atoms in total. The average molecular weight is 501 g/mol. The van der Waals surface area contributed by atoms with E-state index in [1.807, 2.05) is 43.3 Å². The molecule has 1 heterocycles. The van der Waals surface area contributed by atoms with Gasteiger partial charge in [0.15, 0.2) is 0 Å². The molecule has 4 aromatic rings. The van der Waals surface area contributed by atoms with E-state index >= 15 is 0 Å². The fraction of sp³-hybridized carbons (Fsp3) is 0.276. The summed E-state index contributed by atoms with van der Waals surface area (Å²) in [6.07, 6.45) is 0.816. The number of hydrogen-bond donors (Lipinski definition) is 1. The van der Waals surface area contributed by atoms with Crippen molar-refractivity contribution in [2.45, 2.75) is 20.3 Å². The predicted octanol–water partition coefficient (Wildman–Crippen LogP) is 5.48. The van der Waals surface area contributed by atoms with Gasteiger partial charge < -0.3 is 24.2 Å². The molecule has 1 aromatic heterocycles. The predicted molar refractivity (Wildman–Crippen MR) is 144 cm³/mol. The lowest BCUT2D eigenvalue weighted by Gasteiger charge is -2.17. The van der Waals surface area contributed by atoms with Crippen molar-refractivity contribution < 1.29 is 18.8 Å². The number of aryl methyl sites for hydroxylation is 2. The second kappa shape index (κ2) is 11.7. The lowest BCUT2D eigenvalue weighted by molar-refractivity contribution is 0.102. The van der Waals surface area contributed by atoms with Gasteiger partial charge in [-0.3, -0.25) is 4.79 Å². The zero-order chi connectivity index (χ0) is 26.4. The number of carbonyl (C=O) groups excluding carboxylic acids is 1. The highest BCUT2D eigenvalue weighted by molar-refractivity contribution is 6.06. The molecular formula is C29H32N4O4. The summed E-state index contributed by atoms with van der Waals surface area (Å²) in [5.41, 5.74) is 5.20. The Hall–Kier alpha value is -4.17. The molecule has 0 aliphatic heterocycles. The van der Waals surface area contributed by atoms with Crippen LogP contribution >= 0.6 is 0 Å². The van der Waals surface area contributed by atoms with E-state index in [4.69, 9.17) is 14.0 Å². The van der Waals surface area contributed by atoms with Crippen molar-refractivity contribution in [1.29, 1.82) is 0 Å². The third kappa shape index (κ3) is 6.34. The Morgan fingerprint density at radius 1 is 1.03 bits per heavy atom. The topological polar surface area (TPSA) is 89.7 Å². The molecular weight excluding hydrogens is 468 g/mol. The van der Waals surface area contributed by atoms with Crippen LogP contribution in [-0.4, -0.2) is 55.3 Å². The smallest absolute Gasteiger partial charge is 0.259 e. The number of likely N-dealkylation sites (N-methyl/N-ethyl adjacent to an activating group) is 1. The van der Waals surface area contributed by atoms with E-state index in [9.17, 15) is 4.79 Å². The maximum absolute atomic E-state index is 13.2. The number of methoxy groups -OCH3 is 1. The van der Waals surface area contributed by atoms with Crippen LogP contribution in [0.1, 0.15) is 28.7 Å². The van der Waals surface area contributed by atoms with Crippen LogP contribution in [0, 0.1) is 6.92 Å². The van der Waals surface area contributed by atoms with Crippen molar-refractivity contribution in [3.63, 3.8) is 0 Å². The van der Waals surface area contributed by atoms with Gasteiger partial charge in [0.05, 0.1) is 12.7 Å². The summed E-state index contributed by atoms with van der Waals surface area (Å²) < 4.78 is 16.5. The van der Waals surface area contributed by atoms with E-state index in [-0.39, 0.29) is 5.91 Å². The largest absolute Gasteiger partial charge is 0.497 e. The van der Waals surface area contributed by atoms with Crippen molar-refractivity contribution in [1.82, 2.24) is 15.0 Å². The Kier molecular flexibility index (Phi) is 8.20. The third-order valence-corrected chi connectivity index (χ3v) is 5.95. The average Bonchev–Trinajstić information content (AvgIpc) is 3.34. The molecule has 0 aliphatic rings. The van der Waals surface area contributed by atoms with Crippen LogP contribution in [0.15, 0.2) is 65.2 Å². The molecule has 0 unspecified atom stereocenters. The normalized spacial score (nSPS) is 11.0. The van der Waals surface area contributed by atoms with E-state index in [1.165, 1.54) is 0 Å². The first kappa shape index (κ1) is 25.9. The molecule has 0 fully saturated rings. The molecule has 4 rings (SSSR count). The van der Waals surface area contributed by atoms with Crippen LogP contribution in [0.25, 0.3) is 22.5 Å². The number of anilines is 1. The molecule has 0 atom stereocenters. The molecule has 192 valence electrons. The van der Waals surface area contributed by atoms with Gasteiger partial charge in [-0.2, -0.15) is 4.98 Å². The Morgan fingerprint density at radius 2 is 1.78 bits per heavy atom. The lowest BCUT2D eigenvalue weighted by atomic mass is 9.94. The summed E-state index contributed by atoms with van der Waals surface area (Å²) >= 11 is 0. The number of rotatable bonds is 10.